The Morgan fingerprint density at radius 3 is 2.73 bits per heavy atom. The summed E-state index contributed by atoms with van der Waals surface area (Å²) in [6.07, 6.45) is 0. The van der Waals surface area contributed by atoms with Crippen molar-refractivity contribution in [2.45, 2.75) is 11.4 Å². The molecule has 2 aromatic rings. The van der Waals surface area contributed by atoms with Gasteiger partial charge in [-0.1, -0.05) is 0 Å². The van der Waals surface area contributed by atoms with E-state index in [1.54, 1.807) is 18.2 Å². The van der Waals surface area contributed by atoms with E-state index in [1.807, 2.05) is 0 Å². The summed E-state index contributed by atoms with van der Waals surface area (Å²) in [6, 6.07) is 5.69. The Kier molecular flexibility index (Phi) is 5.05. The Hall–Kier alpha value is -2.72. The largest absolute Gasteiger partial charge is 0.493 e. The molecule has 3 rings (SSSR count). The lowest BCUT2D eigenvalue weighted by Gasteiger charge is -2.10. The highest BCUT2D eigenvalue weighted by Crippen LogP contribution is 2.42. The molecule has 1 aromatic carbocycles. The average Bonchev–Trinajstić information content (AvgIpc) is 3.29. The van der Waals surface area contributed by atoms with E-state index < -0.39 is 16.9 Å². The number of benzene rings is 1. The number of nitro benzene ring substituents is 1. The highest BCUT2D eigenvalue weighted by atomic mass is 32.2. The molecule has 2 heterocycles. The molecule has 0 bridgehead atoms. The number of hydrogen-bond acceptors (Lipinski definition) is 8. The van der Waals surface area contributed by atoms with Crippen molar-refractivity contribution in [2.75, 3.05) is 20.0 Å². The first-order valence-electron chi connectivity index (χ1n) is 7.55. The molecule has 0 aliphatic carbocycles. The number of furan rings is 1. The van der Waals surface area contributed by atoms with Crippen LogP contribution in [0.2, 0.25) is 0 Å². The maximum atomic E-state index is 11.3. The van der Waals surface area contributed by atoms with E-state index in [1.165, 1.54) is 32.0 Å². The topological polar surface area (TPSA) is 124 Å². The van der Waals surface area contributed by atoms with E-state index >= 15 is 0 Å². The molecule has 1 fully saturated rings. The molecular formula is C16H16N2O7S. The molecule has 138 valence electrons. The average molecular weight is 380 g/mol. The normalized spacial score (nSPS) is 19.3. The van der Waals surface area contributed by atoms with E-state index in [9.17, 15) is 14.9 Å². The molecule has 0 amide bonds. The summed E-state index contributed by atoms with van der Waals surface area (Å²) in [5.74, 6) is 0.718. The van der Waals surface area contributed by atoms with E-state index in [4.69, 9.17) is 19.0 Å². The molecule has 0 radical (unpaired) electrons. The molecule has 2 N–H and O–H groups in total. The third kappa shape index (κ3) is 3.33. The summed E-state index contributed by atoms with van der Waals surface area (Å²) in [7, 11) is 2.72. The predicted octanol–water partition coefficient (Wildman–Crippen LogP) is 2.66. The molecule has 1 aliphatic rings. The lowest BCUT2D eigenvalue weighted by molar-refractivity contribution is -0.385. The quantitative estimate of drug-likeness (QED) is 0.575. The van der Waals surface area contributed by atoms with Crippen LogP contribution in [0.15, 0.2) is 28.7 Å². The highest BCUT2D eigenvalue weighted by molar-refractivity contribution is 7.99. The fourth-order valence-electron chi connectivity index (χ4n) is 2.65. The number of thioether (sulfide) groups is 1. The van der Waals surface area contributed by atoms with E-state index in [0.29, 0.717) is 22.8 Å². The lowest BCUT2D eigenvalue weighted by atomic mass is 10.1. The molecule has 26 heavy (non-hydrogen) atoms. The van der Waals surface area contributed by atoms with Gasteiger partial charge in [0.15, 0.2) is 5.75 Å². The van der Waals surface area contributed by atoms with Gasteiger partial charge in [-0.05, 0) is 18.2 Å². The molecule has 0 unspecified atom stereocenters. The van der Waals surface area contributed by atoms with Crippen molar-refractivity contribution in [3.63, 3.8) is 0 Å². The van der Waals surface area contributed by atoms with Gasteiger partial charge < -0.3 is 19.0 Å². The molecule has 0 spiro atoms. The minimum Gasteiger partial charge on any atom is -0.493 e. The maximum Gasteiger partial charge on any atom is 0.321 e. The van der Waals surface area contributed by atoms with Gasteiger partial charge >= 0.3 is 11.7 Å². The van der Waals surface area contributed by atoms with Crippen LogP contribution in [0.1, 0.15) is 11.1 Å². The molecular weight excluding hydrogens is 364 g/mol. The van der Waals surface area contributed by atoms with Crippen LogP contribution in [0.3, 0.4) is 0 Å². The van der Waals surface area contributed by atoms with Gasteiger partial charge in [-0.15, -0.1) is 11.8 Å². The van der Waals surface area contributed by atoms with Crippen molar-refractivity contribution in [3.05, 3.63) is 40.1 Å². The smallest absolute Gasteiger partial charge is 0.321 e. The number of carboxylic acids is 1. The van der Waals surface area contributed by atoms with Crippen LogP contribution < -0.4 is 14.8 Å². The second kappa shape index (κ2) is 7.26. The van der Waals surface area contributed by atoms with Gasteiger partial charge in [0.25, 0.3) is 0 Å². The van der Waals surface area contributed by atoms with Gasteiger partial charge in [0.1, 0.15) is 22.9 Å². The minimum absolute atomic E-state index is 0.0327. The van der Waals surface area contributed by atoms with Crippen LogP contribution >= 0.6 is 11.8 Å². The Morgan fingerprint density at radius 1 is 1.38 bits per heavy atom. The number of rotatable bonds is 6. The number of ether oxygens (including phenoxy) is 2. The van der Waals surface area contributed by atoms with Gasteiger partial charge in [-0.25, -0.2) is 0 Å². The predicted molar refractivity (Wildman–Crippen MR) is 93.7 cm³/mol. The maximum absolute atomic E-state index is 11.3. The molecule has 2 atom stereocenters. The highest BCUT2D eigenvalue weighted by Gasteiger charge is 2.32. The standard InChI is InChI=1S/C16H16N2O7S/c1-23-13-6-8(5-10(18(21)22)14(13)24-2)11-3-4-12(25-11)15-17-9(7-26-15)16(19)20/h3-6,9,15,17H,7H2,1-2H3,(H,19,20)/t9-,15-/m1/s1. The molecule has 1 aromatic heterocycles. The number of carboxylic acid groups (broad SMARTS) is 1. The van der Waals surface area contributed by atoms with Gasteiger partial charge in [0.05, 0.1) is 19.1 Å². The summed E-state index contributed by atoms with van der Waals surface area (Å²) in [6.45, 7) is 0. The van der Waals surface area contributed by atoms with Crippen molar-refractivity contribution in [1.29, 1.82) is 0 Å². The fourth-order valence-corrected chi connectivity index (χ4v) is 3.82. The number of nitro groups is 1. The Labute approximate surface area is 152 Å². The second-order valence-electron chi connectivity index (χ2n) is 5.46. The lowest BCUT2D eigenvalue weighted by Crippen LogP contribution is -2.33. The van der Waals surface area contributed by atoms with Crippen molar-refractivity contribution in [1.82, 2.24) is 5.32 Å². The number of nitrogens with one attached hydrogen (secondary N) is 1. The van der Waals surface area contributed by atoms with Gasteiger partial charge in [0.2, 0.25) is 5.75 Å². The van der Waals surface area contributed by atoms with E-state index in [-0.39, 0.29) is 22.6 Å². The van der Waals surface area contributed by atoms with Gasteiger partial charge in [-0.2, -0.15) is 0 Å². The molecule has 10 heteroatoms. The molecule has 9 nitrogen and oxygen atoms in total. The molecule has 1 saturated heterocycles. The SMILES string of the molecule is COc1cc(-c2ccc([C@@H]3N[C@@H](C(=O)O)CS3)o2)cc([N+](=O)[O-])c1OC. The first-order valence-corrected chi connectivity index (χ1v) is 8.60. The number of hydrogen-bond donors (Lipinski definition) is 2. The summed E-state index contributed by atoms with van der Waals surface area (Å²) in [5, 5.41) is 23.0. The number of aliphatic carboxylic acids is 1. The Morgan fingerprint density at radius 2 is 2.15 bits per heavy atom. The monoisotopic (exact) mass is 380 g/mol. The zero-order valence-electron chi connectivity index (χ0n) is 13.9. The summed E-state index contributed by atoms with van der Waals surface area (Å²) in [5.41, 5.74) is 0.220. The van der Waals surface area contributed by atoms with Crippen LogP contribution in [0, 0.1) is 10.1 Å². The molecule has 1 aliphatic heterocycles. The van der Waals surface area contributed by atoms with E-state index in [0.717, 1.165) is 0 Å². The first kappa shape index (κ1) is 18.1. The Balaban J connectivity index is 1.93. The summed E-state index contributed by atoms with van der Waals surface area (Å²) in [4.78, 5) is 21.8. The first-order chi connectivity index (χ1) is 12.4. The summed E-state index contributed by atoms with van der Waals surface area (Å²) < 4.78 is 16.1. The van der Waals surface area contributed by atoms with Crippen LogP contribution in [0.25, 0.3) is 11.3 Å². The van der Waals surface area contributed by atoms with Crippen LogP contribution in [0.4, 0.5) is 5.69 Å². The zero-order chi connectivity index (χ0) is 18.8. The minimum atomic E-state index is -0.915. The van der Waals surface area contributed by atoms with Crippen molar-refractivity contribution >= 4 is 23.4 Å². The third-order valence-corrected chi connectivity index (χ3v) is 5.13. The molecule has 0 saturated carbocycles. The second-order valence-corrected chi connectivity index (χ2v) is 6.60. The number of carbonyl (C=O) groups is 1. The van der Waals surface area contributed by atoms with Gasteiger partial charge in [0, 0.05) is 17.4 Å². The van der Waals surface area contributed by atoms with Crippen LogP contribution in [-0.2, 0) is 4.79 Å². The van der Waals surface area contributed by atoms with Gasteiger partial charge in [-0.3, -0.25) is 20.2 Å². The fraction of sp³-hybridized carbons (Fsp3) is 0.312. The number of nitrogens with zero attached hydrogens (tertiary/aromatic N) is 1. The zero-order valence-corrected chi connectivity index (χ0v) is 14.7. The Bertz CT molecular complexity index is 851. The third-order valence-electron chi connectivity index (χ3n) is 3.91. The number of methoxy groups -OCH3 is 2. The van der Waals surface area contributed by atoms with Crippen LogP contribution in [-0.4, -0.2) is 42.0 Å². The van der Waals surface area contributed by atoms with Crippen molar-refractivity contribution in [3.8, 4) is 22.8 Å². The summed E-state index contributed by atoms with van der Waals surface area (Å²) >= 11 is 1.42. The van der Waals surface area contributed by atoms with Crippen molar-refractivity contribution < 1.29 is 28.7 Å². The van der Waals surface area contributed by atoms with Crippen molar-refractivity contribution in [2.24, 2.45) is 0 Å². The van der Waals surface area contributed by atoms with Crippen LogP contribution in [0.5, 0.6) is 11.5 Å². The van der Waals surface area contributed by atoms with E-state index in [2.05, 4.69) is 5.32 Å².